The number of benzene rings is 2. The molecule has 2 aromatic carbocycles. The highest BCUT2D eigenvalue weighted by Gasteiger charge is 2.44. The van der Waals surface area contributed by atoms with Gasteiger partial charge >= 0.3 is 0 Å². The minimum absolute atomic E-state index is 0.00808. The number of amides is 1. The Hall–Kier alpha value is -2.33. The number of hydrogen-bond acceptors (Lipinski definition) is 3. The number of ether oxygens (including phenoxy) is 1. The molecular weight excluding hydrogens is 290 g/mol. The average molecular weight is 311 g/mol. The van der Waals surface area contributed by atoms with Crippen LogP contribution in [0.1, 0.15) is 29.5 Å². The largest absolute Gasteiger partial charge is 0.497 e. The van der Waals surface area contributed by atoms with E-state index in [1.165, 1.54) is 0 Å². The minimum Gasteiger partial charge on any atom is -0.497 e. The van der Waals surface area contributed by atoms with Gasteiger partial charge < -0.3 is 15.2 Å². The van der Waals surface area contributed by atoms with E-state index in [1.54, 1.807) is 7.11 Å². The second kappa shape index (κ2) is 6.84. The van der Waals surface area contributed by atoms with Crippen LogP contribution in [0.4, 0.5) is 0 Å². The Balaban J connectivity index is 1.61. The van der Waals surface area contributed by atoms with Crippen molar-refractivity contribution in [3.8, 4) is 5.75 Å². The summed E-state index contributed by atoms with van der Waals surface area (Å²) in [6.07, 6.45) is 0.852. The highest BCUT2D eigenvalue weighted by molar-refractivity contribution is 5.83. The lowest BCUT2D eigenvalue weighted by atomic mass is 10.1. The Morgan fingerprint density at radius 2 is 1.91 bits per heavy atom. The Morgan fingerprint density at radius 1 is 1.22 bits per heavy atom. The number of rotatable bonds is 6. The number of nitrogens with one attached hydrogen (secondary N) is 1. The van der Waals surface area contributed by atoms with Crippen LogP contribution in [0.25, 0.3) is 0 Å². The zero-order valence-electron chi connectivity index (χ0n) is 13.1. The molecule has 3 rings (SSSR count). The molecule has 1 fully saturated rings. The Kier molecular flexibility index (Phi) is 4.63. The molecular formula is C19H21NO3. The van der Waals surface area contributed by atoms with E-state index < -0.39 is 0 Å². The first-order valence-electron chi connectivity index (χ1n) is 7.83. The molecule has 0 aromatic heterocycles. The molecule has 2 aromatic rings. The van der Waals surface area contributed by atoms with Crippen molar-refractivity contribution in [1.29, 1.82) is 0 Å². The summed E-state index contributed by atoms with van der Waals surface area (Å²) >= 11 is 0. The first-order chi connectivity index (χ1) is 11.2. The van der Waals surface area contributed by atoms with E-state index in [0.717, 1.165) is 23.3 Å². The topological polar surface area (TPSA) is 58.6 Å². The van der Waals surface area contributed by atoms with E-state index in [1.807, 2.05) is 54.6 Å². The SMILES string of the molecule is COc1ccc([C@@H]2C[C@H]2C(=O)N[C@@H](CO)c2ccccc2)cc1. The zero-order chi connectivity index (χ0) is 16.2. The van der Waals surface area contributed by atoms with E-state index in [2.05, 4.69) is 5.32 Å². The zero-order valence-corrected chi connectivity index (χ0v) is 13.1. The normalized spacial score (nSPS) is 20.6. The lowest BCUT2D eigenvalue weighted by Gasteiger charge is -2.16. The lowest BCUT2D eigenvalue weighted by Crippen LogP contribution is -2.32. The Labute approximate surface area is 136 Å². The van der Waals surface area contributed by atoms with Gasteiger partial charge in [0, 0.05) is 5.92 Å². The summed E-state index contributed by atoms with van der Waals surface area (Å²) in [5.41, 5.74) is 2.08. The molecule has 0 bridgehead atoms. The van der Waals surface area contributed by atoms with Crippen molar-refractivity contribution in [3.05, 3.63) is 65.7 Å². The van der Waals surface area contributed by atoms with Crippen LogP contribution < -0.4 is 10.1 Å². The van der Waals surface area contributed by atoms with E-state index in [0.29, 0.717) is 0 Å². The fourth-order valence-corrected chi connectivity index (χ4v) is 2.90. The van der Waals surface area contributed by atoms with Gasteiger partial charge in [0.25, 0.3) is 0 Å². The molecule has 0 heterocycles. The van der Waals surface area contributed by atoms with E-state index in [9.17, 15) is 9.90 Å². The van der Waals surface area contributed by atoms with Crippen molar-refractivity contribution >= 4 is 5.91 Å². The van der Waals surface area contributed by atoms with E-state index >= 15 is 0 Å². The monoisotopic (exact) mass is 311 g/mol. The van der Waals surface area contributed by atoms with Crippen LogP contribution in [-0.2, 0) is 4.79 Å². The van der Waals surface area contributed by atoms with Crippen molar-refractivity contribution in [2.24, 2.45) is 5.92 Å². The maximum atomic E-state index is 12.4. The van der Waals surface area contributed by atoms with Gasteiger partial charge in [-0.2, -0.15) is 0 Å². The maximum absolute atomic E-state index is 12.4. The van der Waals surface area contributed by atoms with Crippen molar-refractivity contribution in [2.45, 2.75) is 18.4 Å². The molecule has 0 unspecified atom stereocenters. The van der Waals surface area contributed by atoms with Crippen molar-refractivity contribution in [1.82, 2.24) is 5.32 Å². The van der Waals surface area contributed by atoms with Crippen LogP contribution in [0, 0.1) is 5.92 Å². The highest BCUT2D eigenvalue weighted by atomic mass is 16.5. The van der Waals surface area contributed by atoms with Crippen molar-refractivity contribution in [3.63, 3.8) is 0 Å². The van der Waals surface area contributed by atoms with Crippen LogP contribution in [-0.4, -0.2) is 24.7 Å². The van der Waals surface area contributed by atoms with E-state index in [4.69, 9.17) is 4.74 Å². The van der Waals surface area contributed by atoms with Crippen LogP contribution >= 0.6 is 0 Å². The van der Waals surface area contributed by atoms with Crippen LogP contribution in [0.3, 0.4) is 0 Å². The number of aliphatic hydroxyl groups excluding tert-OH is 1. The Bertz CT molecular complexity index is 654. The molecule has 1 saturated carbocycles. The molecule has 3 atom stereocenters. The summed E-state index contributed by atoms with van der Waals surface area (Å²) in [5.74, 6) is 1.07. The molecule has 0 saturated heterocycles. The van der Waals surface area contributed by atoms with Gasteiger partial charge in [0.1, 0.15) is 5.75 Å². The summed E-state index contributed by atoms with van der Waals surface area (Å²) in [5, 5.41) is 12.5. The van der Waals surface area contributed by atoms with Crippen molar-refractivity contribution in [2.75, 3.05) is 13.7 Å². The molecule has 120 valence electrons. The van der Waals surface area contributed by atoms with Gasteiger partial charge in [0.2, 0.25) is 5.91 Å². The summed E-state index contributed by atoms with van der Waals surface area (Å²) in [4.78, 5) is 12.4. The smallest absolute Gasteiger partial charge is 0.224 e. The van der Waals surface area contributed by atoms with Crippen LogP contribution in [0.5, 0.6) is 5.75 Å². The van der Waals surface area contributed by atoms with Gasteiger partial charge in [-0.1, -0.05) is 42.5 Å². The molecule has 4 heteroatoms. The molecule has 1 aliphatic rings. The van der Waals surface area contributed by atoms with Gasteiger partial charge in [-0.3, -0.25) is 4.79 Å². The summed E-state index contributed by atoms with van der Waals surface area (Å²) in [6.45, 7) is -0.102. The molecule has 1 amide bonds. The standard InChI is InChI=1S/C19H21NO3/c1-23-15-9-7-13(8-10-15)16-11-17(16)19(22)20-18(12-21)14-5-3-2-4-6-14/h2-10,16-18,21H,11-12H2,1H3,(H,20,22)/t16-,17+,18-/m0/s1. The first kappa shape index (κ1) is 15.6. The molecule has 0 spiro atoms. The average Bonchev–Trinajstić information content (AvgIpc) is 3.41. The number of hydrogen-bond donors (Lipinski definition) is 2. The predicted molar refractivity (Wildman–Crippen MR) is 88.3 cm³/mol. The number of carbonyl (C=O) groups excluding carboxylic acids is 1. The molecule has 0 radical (unpaired) electrons. The van der Waals surface area contributed by atoms with Gasteiger partial charge in [0.05, 0.1) is 19.8 Å². The summed E-state index contributed by atoms with van der Waals surface area (Å²) in [6, 6.07) is 17.1. The summed E-state index contributed by atoms with van der Waals surface area (Å²) < 4.78 is 5.15. The Morgan fingerprint density at radius 3 is 2.52 bits per heavy atom. The van der Waals surface area contributed by atoms with Crippen LogP contribution in [0.15, 0.2) is 54.6 Å². The third kappa shape index (κ3) is 3.54. The fourth-order valence-electron chi connectivity index (χ4n) is 2.90. The van der Waals surface area contributed by atoms with Gasteiger partial charge in [0.15, 0.2) is 0 Å². The first-order valence-corrected chi connectivity index (χ1v) is 7.83. The van der Waals surface area contributed by atoms with Gasteiger partial charge in [-0.25, -0.2) is 0 Å². The quantitative estimate of drug-likeness (QED) is 0.862. The molecule has 23 heavy (non-hydrogen) atoms. The molecule has 0 aliphatic heterocycles. The predicted octanol–water partition coefficient (Wildman–Crippen LogP) is 2.65. The number of carbonyl (C=O) groups is 1. The minimum atomic E-state index is -0.346. The molecule has 4 nitrogen and oxygen atoms in total. The highest BCUT2D eigenvalue weighted by Crippen LogP contribution is 2.48. The fraction of sp³-hybridized carbons (Fsp3) is 0.316. The number of methoxy groups -OCH3 is 1. The third-order valence-electron chi connectivity index (χ3n) is 4.37. The summed E-state index contributed by atoms with van der Waals surface area (Å²) in [7, 11) is 1.64. The molecule has 2 N–H and O–H groups in total. The van der Waals surface area contributed by atoms with E-state index in [-0.39, 0.29) is 30.4 Å². The molecule has 1 aliphatic carbocycles. The van der Waals surface area contributed by atoms with Crippen molar-refractivity contribution < 1.29 is 14.6 Å². The second-order valence-corrected chi connectivity index (χ2v) is 5.88. The number of aliphatic hydroxyl groups is 1. The van der Waals surface area contributed by atoms with Gasteiger partial charge in [-0.05, 0) is 35.6 Å². The third-order valence-corrected chi connectivity index (χ3v) is 4.37. The van der Waals surface area contributed by atoms with Gasteiger partial charge in [-0.15, -0.1) is 0 Å². The second-order valence-electron chi connectivity index (χ2n) is 5.88. The lowest BCUT2D eigenvalue weighted by molar-refractivity contribution is -0.123. The maximum Gasteiger partial charge on any atom is 0.224 e. The van der Waals surface area contributed by atoms with Crippen LogP contribution in [0.2, 0.25) is 0 Å².